The highest BCUT2D eigenvalue weighted by Crippen LogP contribution is 2.46. The van der Waals surface area contributed by atoms with Crippen molar-refractivity contribution >= 4 is 6.09 Å². The Balaban J connectivity index is 1.75. The summed E-state index contributed by atoms with van der Waals surface area (Å²) in [6.07, 6.45) is 3.76. The molecule has 1 aromatic carbocycles. The van der Waals surface area contributed by atoms with Crippen molar-refractivity contribution in [2.75, 3.05) is 13.1 Å². The summed E-state index contributed by atoms with van der Waals surface area (Å²) in [5.74, 6) is -0.235. The number of fused-ring (bicyclic) bond motifs is 3. The van der Waals surface area contributed by atoms with Crippen LogP contribution in [0.2, 0.25) is 0 Å². The maximum atomic E-state index is 15.3. The topological polar surface area (TPSA) is 67.6 Å². The first kappa shape index (κ1) is 18.7. The summed E-state index contributed by atoms with van der Waals surface area (Å²) in [5.41, 5.74) is 7.60. The predicted molar refractivity (Wildman–Crippen MR) is 102 cm³/mol. The fraction of sp³-hybridized carbons (Fsp3) is 0.667. The Morgan fingerprint density at radius 3 is 2.85 bits per heavy atom. The van der Waals surface area contributed by atoms with Crippen LogP contribution in [-0.4, -0.2) is 41.8 Å². The molecule has 0 aromatic heterocycles. The zero-order valence-electron chi connectivity index (χ0n) is 16.5. The maximum absolute atomic E-state index is 15.3. The molecule has 148 valence electrons. The largest absolute Gasteiger partial charge is 0.444 e. The third-order valence-electron chi connectivity index (χ3n) is 6.16. The van der Waals surface area contributed by atoms with E-state index < -0.39 is 11.1 Å². The summed E-state index contributed by atoms with van der Waals surface area (Å²) in [4.78, 5) is 14.8. The van der Waals surface area contributed by atoms with Crippen LogP contribution in [0.15, 0.2) is 12.1 Å². The molecule has 2 aliphatic heterocycles. The number of aryl methyl sites for hydroxylation is 1. The van der Waals surface area contributed by atoms with Crippen molar-refractivity contribution in [2.24, 2.45) is 5.73 Å². The molecule has 1 amide bonds. The number of carbonyl (C=O) groups is 1. The quantitative estimate of drug-likeness (QED) is 0.792. The Morgan fingerprint density at radius 2 is 2.11 bits per heavy atom. The van der Waals surface area contributed by atoms with Gasteiger partial charge in [0, 0.05) is 30.7 Å². The minimum atomic E-state index is -0.677. The van der Waals surface area contributed by atoms with Gasteiger partial charge in [-0.05, 0) is 70.1 Å². The smallest absolute Gasteiger partial charge is 0.411 e. The number of carbonyl (C=O) groups excluding carboxylic acids is 1. The Labute approximate surface area is 160 Å². The molecule has 6 heteroatoms. The fourth-order valence-corrected chi connectivity index (χ4v) is 4.98. The van der Waals surface area contributed by atoms with E-state index in [4.69, 9.17) is 10.5 Å². The summed E-state index contributed by atoms with van der Waals surface area (Å²) in [6, 6.07) is 3.78. The SMILES string of the molecule is CC(C)(C)OC(=O)N1C2CCC1(c1cc3c(cc1F)CC(N)CC3)CNC2. The van der Waals surface area contributed by atoms with Crippen molar-refractivity contribution in [1.82, 2.24) is 10.2 Å². The molecule has 0 saturated carbocycles. The molecular weight excluding hydrogens is 345 g/mol. The summed E-state index contributed by atoms with van der Waals surface area (Å²) in [7, 11) is 0. The van der Waals surface area contributed by atoms with Crippen LogP contribution in [0.4, 0.5) is 9.18 Å². The van der Waals surface area contributed by atoms with Gasteiger partial charge >= 0.3 is 6.09 Å². The first-order chi connectivity index (χ1) is 12.7. The van der Waals surface area contributed by atoms with Crippen molar-refractivity contribution in [1.29, 1.82) is 0 Å². The number of ether oxygens (including phenoxy) is 1. The van der Waals surface area contributed by atoms with E-state index in [1.54, 1.807) is 6.07 Å². The molecule has 2 saturated heterocycles. The summed E-state index contributed by atoms with van der Waals surface area (Å²) < 4.78 is 21.0. The predicted octanol–water partition coefficient (Wildman–Crippen LogP) is 2.84. The van der Waals surface area contributed by atoms with Gasteiger partial charge in [0.05, 0.1) is 5.54 Å². The molecule has 1 aromatic rings. The van der Waals surface area contributed by atoms with Gasteiger partial charge in [0.1, 0.15) is 11.4 Å². The van der Waals surface area contributed by atoms with Gasteiger partial charge in [0.15, 0.2) is 0 Å². The molecule has 0 spiro atoms. The second-order valence-electron chi connectivity index (χ2n) is 9.31. The zero-order valence-corrected chi connectivity index (χ0v) is 16.5. The second kappa shape index (κ2) is 6.45. The van der Waals surface area contributed by atoms with Crippen LogP contribution in [-0.2, 0) is 23.1 Å². The number of amides is 1. The molecule has 1 aliphatic carbocycles. The van der Waals surface area contributed by atoms with Gasteiger partial charge in [0.25, 0.3) is 0 Å². The lowest BCUT2D eigenvalue weighted by atomic mass is 9.81. The van der Waals surface area contributed by atoms with Gasteiger partial charge in [-0.3, -0.25) is 4.90 Å². The lowest BCUT2D eigenvalue weighted by Gasteiger charge is -2.46. The lowest BCUT2D eigenvalue weighted by molar-refractivity contribution is -0.0122. The van der Waals surface area contributed by atoms with E-state index in [1.165, 1.54) is 5.56 Å². The van der Waals surface area contributed by atoms with E-state index >= 15 is 4.39 Å². The number of hydrogen-bond donors (Lipinski definition) is 2. The van der Waals surface area contributed by atoms with E-state index in [2.05, 4.69) is 5.32 Å². The third-order valence-corrected chi connectivity index (χ3v) is 6.16. The Hall–Kier alpha value is -1.66. The molecule has 2 bridgehead atoms. The number of nitrogens with two attached hydrogens (primary N) is 1. The second-order valence-corrected chi connectivity index (χ2v) is 9.31. The van der Waals surface area contributed by atoms with Crippen LogP contribution in [0, 0.1) is 5.82 Å². The molecule has 2 heterocycles. The van der Waals surface area contributed by atoms with Gasteiger partial charge in [-0.1, -0.05) is 6.07 Å². The number of rotatable bonds is 1. The minimum Gasteiger partial charge on any atom is -0.444 e. The molecule has 3 N–H and O–H groups in total. The summed E-state index contributed by atoms with van der Waals surface area (Å²) in [5, 5.41) is 3.41. The maximum Gasteiger partial charge on any atom is 0.411 e. The highest BCUT2D eigenvalue weighted by Gasteiger charge is 2.54. The van der Waals surface area contributed by atoms with E-state index in [-0.39, 0.29) is 24.0 Å². The number of benzene rings is 1. The highest BCUT2D eigenvalue weighted by atomic mass is 19.1. The van der Waals surface area contributed by atoms with Crippen LogP contribution in [0.25, 0.3) is 0 Å². The van der Waals surface area contributed by atoms with E-state index in [1.807, 2.05) is 31.7 Å². The van der Waals surface area contributed by atoms with Crippen LogP contribution < -0.4 is 11.1 Å². The number of hydrogen-bond acceptors (Lipinski definition) is 4. The number of nitrogens with one attached hydrogen (secondary N) is 1. The third kappa shape index (κ3) is 3.23. The fourth-order valence-electron chi connectivity index (χ4n) is 4.98. The van der Waals surface area contributed by atoms with Gasteiger partial charge in [-0.15, -0.1) is 0 Å². The lowest BCUT2D eigenvalue weighted by Crippen LogP contribution is -2.61. The average Bonchev–Trinajstić information content (AvgIpc) is 2.79. The number of halogens is 1. The summed E-state index contributed by atoms with van der Waals surface area (Å²) >= 11 is 0. The normalized spacial score (nSPS) is 30.2. The van der Waals surface area contributed by atoms with Crippen molar-refractivity contribution in [3.8, 4) is 0 Å². The average molecular weight is 375 g/mol. The van der Waals surface area contributed by atoms with Crippen LogP contribution in [0.3, 0.4) is 0 Å². The molecule has 2 fully saturated rings. The molecule has 3 unspecified atom stereocenters. The molecule has 4 rings (SSSR count). The minimum absolute atomic E-state index is 0.0393. The van der Waals surface area contributed by atoms with Crippen molar-refractivity contribution in [2.45, 2.75) is 76.1 Å². The molecule has 27 heavy (non-hydrogen) atoms. The molecule has 5 nitrogen and oxygen atoms in total. The standard InChI is InChI=1S/C21H30FN3O2/c1-20(2,3)27-19(26)25-16-6-7-21(25,12-24-11-16)17-9-13-4-5-15(23)8-14(13)10-18(17)22/h9-10,15-16,24H,4-8,11-12,23H2,1-3H3. The van der Waals surface area contributed by atoms with Crippen molar-refractivity contribution in [3.63, 3.8) is 0 Å². The highest BCUT2D eigenvalue weighted by molar-refractivity contribution is 5.71. The van der Waals surface area contributed by atoms with Gasteiger partial charge in [-0.2, -0.15) is 0 Å². The first-order valence-electron chi connectivity index (χ1n) is 10.00. The van der Waals surface area contributed by atoms with E-state index in [0.717, 1.165) is 44.2 Å². The molecule has 3 atom stereocenters. The molecule has 3 aliphatic rings. The van der Waals surface area contributed by atoms with E-state index in [9.17, 15) is 4.79 Å². The Bertz CT molecular complexity index is 757. The van der Waals surface area contributed by atoms with Gasteiger partial charge in [-0.25, -0.2) is 9.18 Å². The molecular formula is C21H30FN3O2. The summed E-state index contributed by atoms with van der Waals surface area (Å²) in [6.45, 7) is 6.87. The Morgan fingerprint density at radius 1 is 1.33 bits per heavy atom. The Kier molecular flexibility index (Phi) is 4.47. The van der Waals surface area contributed by atoms with Crippen molar-refractivity contribution < 1.29 is 13.9 Å². The first-order valence-corrected chi connectivity index (χ1v) is 10.00. The van der Waals surface area contributed by atoms with Crippen LogP contribution in [0.1, 0.15) is 56.7 Å². The van der Waals surface area contributed by atoms with Gasteiger partial charge in [0.2, 0.25) is 0 Å². The van der Waals surface area contributed by atoms with Crippen LogP contribution >= 0.6 is 0 Å². The number of piperazine rings is 1. The number of nitrogens with zero attached hydrogens (tertiary/aromatic N) is 1. The van der Waals surface area contributed by atoms with Crippen LogP contribution in [0.5, 0.6) is 0 Å². The van der Waals surface area contributed by atoms with E-state index in [0.29, 0.717) is 12.1 Å². The van der Waals surface area contributed by atoms with Gasteiger partial charge < -0.3 is 15.8 Å². The zero-order chi connectivity index (χ0) is 19.4. The monoisotopic (exact) mass is 375 g/mol. The molecule has 0 radical (unpaired) electrons. The van der Waals surface area contributed by atoms with Crippen molar-refractivity contribution in [3.05, 3.63) is 34.6 Å².